The highest BCUT2D eigenvalue weighted by molar-refractivity contribution is 5.09. The molecule has 0 spiro atoms. The molecule has 1 aromatic rings. The molecule has 1 atom stereocenters. The van der Waals surface area contributed by atoms with Crippen molar-refractivity contribution in [2.45, 2.75) is 45.7 Å². The average Bonchev–Trinajstić information content (AvgIpc) is 2.39. The highest BCUT2D eigenvalue weighted by atomic mass is 15.1. The maximum atomic E-state index is 4.04. The Labute approximate surface area is 112 Å². The van der Waals surface area contributed by atoms with Crippen LogP contribution in [0.5, 0.6) is 0 Å². The fraction of sp³-hybridized carbons (Fsp3) is 0.667. The molecule has 1 N–H and O–H groups in total. The van der Waals surface area contributed by atoms with Gasteiger partial charge in [-0.05, 0) is 57.1 Å². The Bertz CT molecular complexity index is 300. The van der Waals surface area contributed by atoms with E-state index in [1.54, 1.807) is 0 Å². The molecule has 0 fully saturated rings. The average molecular weight is 249 g/mol. The van der Waals surface area contributed by atoms with Gasteiger partial charge in [0.2, 0.25) is 0 Å². The van der Waals surface area contributed by atoms with Crippen LogP contribution in [0.3, 0.4) is 0 Å². The van der Waals surface area contributed by atoms with E-state index in [1.165, 1.54) is 24.8 Å². The number of aromatic nitrogens is 1. The zero-order valence-corrected chi connectivity index (χ0v) is 12.0. The molecule has 0 radical (unpaired) electrons. The molecular weight excluding hydrogens is 222 g/mol. The second kappa shape index (κ2) is 9.06. The molecule has 1 rings (SSSR count). The van der Waals surface area contributed by atoms with Crippen molar-refractivity contribution in [3.63, 3.8) is 0 Å². The fourth-order valence-electron chi connectivity index (χ4n) is 2.23. The number of hydrogen-bond acceptors (Lipinski definition) is 3. The second-order valence-electron chi connectivity index (χ2n) is 4.90. The zero-order valence-electron chi connectivity index (χ0n) is 12.0. The lowest BCUT2D eigenvalue weighted by molar-refractivity contribution is 0.307. The molecule has 1 heterocycles. The van der Waals surface area contributed by atoms with E-state index >= 15 is 0 Å². The van der Waals surface area contributed by atoms with Gasteiger partial charge in [0.05, 0.1) is 0 Å². The first kappa shape index (κ1) is 15.1. The lowest BCUT2D eigenvalue weighted by Crippen LogP contribution is -2.29. The number of rotatable bonds is 9. The molecule has 1 unspecified atom stereocenters. The quantitative estimate of drug-likeness (QED) is 0.729. The molecule has 3 heteroatoms. The summed E-state index contributed by atoms with van der Waals surface area (Å²) in [6.45, 7) is 7.68. The van der Waals surface area contributed by atoms with E-state index in [1.807, 2.05) is 12.4 Å². The minimum absolute atomic E-state index is 0.685. The highest BCUT2D eigenvalue weighted by Gasteiger charge is 2.05. The normalized spacial score (nSPS) is 12.9. The molecule has 0 amide bonds. The standard InChI is InChI=1S/C15H27N3/c1-4-15(17-5-2)7-6-12-18(3)13-14-8-10-16-11-9-14/h8-11,15,17H,4-7,12-13H2,1-3H3. The summed E-state index contributed by atoms with van der Waals surface area (Å²) in [6.07, 6.45) is 7.48. The predicted octanol–water partition coefficient (Wildman–Crippen LogP) is 2.68. The third kappa shape index (κ3) is 6.12. The summed E-state index contributed by atoms with van der Waals surface area (Å²) < 4.78 is 0. The smallest absolute Gasteiger partial charge is 0.0271 e. The van der Waals surface area contributed by atoms with Gasteiger partial charge in [0.25, 0.3) is 0 Å². The largest absolute Gasteiger partial charge is 0.314 e. The lowest BCUT2D eigenvalue weighted by atomic mass is 10.1. The van der Waals surface area contributed by atoms with Crippen LogP contribution in [0, 0.1) is 0 Å². The van der Waals surface area contributed by atoms with E-state index in [9.17, 15) is 0 Å². The van der Waals surface area contributed by atoms with Crippen molar-refractivity contribution in [2.24, 2.45) is 0 Å². The first-order valence-electron chi connectivity index (χ1n) is 7.07. The predicted molar refractivity (Wildman–Crippen MR) is 77.6 cm³/mol. The third-order valence-electron chi connectivity index (χ3n) is 3.28. The van der Waals surface area contributed by atoms with Crippen molar-refractivity contribution in [2.75, 3.05) is 20.1 Å². The molecule has 0 aliphatic rings. The van der Waals surface area contributed by atoms with E-state index in [0.29, 0.717) is 6.04 Å². The Hall–Kier alpha value is -0.930. The van der Waals surface area contributed by atoms with Gasteiger partial charge in [0.15, 0.2) is 0 Å². The van der Waals surface area contributed by atoms with Gasteiger partial charge in [-0.2, -0.15) is 0 Å². The number of nitrogens with one attached hydrogen (secondary N) is 1. The molecule has 1 aromatic heterocycles. The summed E-state index contributed by atoms with van der Waals surface area (Å²) in [6, 6.07) is 4.86. The molecule has 102 valence electrons. The van der Waals surface area contributed by atoms with Crippen molar-refractivity contribution in [1.29, 1.82) is 0 Å². The summed E-state index contributed by atoms with van der Waals surface area (Å²) in [5, 5.41) is 3.53. The van der Waals surface area contributed by atoms with Gasteiger partial charge in [-0.3, -0.25) is 4.98 Å². The molecule has 0 saturated heterocycles. The van der Waals surface area contributed by atoms with Crippen LogP contribution in [-0.4, -0.2) is 36.1 Å². The summed E-state index contributed by atoms with van der Waals surface area (Å²) in [5.41, 5.74) is 1.34. The fourth-order valence-corrected chi connectivity index (χ4v) is 2.23. The second-order valence-corrected chi connectivity index (χ2v) is 4.90. The van der Waals surface area contributed by atoms with Crippen molar-refractivity contribution in [3.8, 4) is 0 Å². The van der Waals surface area contributed by atoms with Crippen LogP contribution in [0.4, 0.5) is 0 Å². The minimum Gasteiger partial charge on any atom is -0.314 e. The van der Waals surface area contributed by atoms with Crippen LogP contribution in [-0.2, 0) is 6.54 Å². The van der Waals surface area contributed by atoms with E-state index < -0.39 is 0 Å². The van der Waals surface area contributed by atoms with E-state index in [0.717, 1.165) is 19.6 Å². The van der Waals surface area contributed by atoms with Crippen molar-refractivity contribution in [1.82, 2.24) is 15.2 Å². The Morgan fingerprint density at radius 1 is 1.28 bits per heavy atom. The maximum absolute atomic E-state index is 4.04. The number of hydrogen-bond donors (Lipinski definition) is 1. The maximum Gasteiger partial charge on any atom is 0.0271 e. The molecule has 0 saturated carbocycles. The van der Waals surface area contributed by atoms with Crippen LogP contribution in [0.25, 0.3) is 0 Å². The third-order valence-corrected chi connectivity index (χ3v) is 3.28. The van der Waals surface area contributed by atoms with Crippen LogP contribution >= 0.6 is 0 Å². The summed E-state index contributed by atoms with van der Waals surface area (Å²) in [4.78, 5) is 6.43. The SMILES string of the molecule is CCNC(CC)CCCN(C)Cc1ccncc1. The molecule has 0 aromatic carbocycles. The molecule has 18 heavy (non-hydrogen) atoms. The molecular formula is C15H27N3. The van der Waals surface area contributed by atoms with Crippen molar-refractivity contribution < 1.29 is 0 Å². The summed E-state index contributed by atoms with van der Waals surface area (Å²) in [5.74, 6) is 0. The van der Waals surface area contributed by atoms with Gasteiger partial charge in [-0.15, -0.1) is 0 Å². The van der Waals surface area contributed by atoms with Crippen molar-refractivity contribution in [3.05, 3.63) is 30.1 Å². The topological polar surface area (TPSA) is 28.2 Å². The van der Waals surface area contributed by atoms with E-state index in [2.05, 4.69) is 48.2 Å². The summed E-state index contributed by atoms with van der Waals surface area (Å²) in [7, 11) is 2.19. The van der Waals surface area contributed by atoms with Crippen LogP contribution < -0.4 is 5.32 Å². The van der Waals surface area contributed by atoms with Gasteiger partial charge in [-0.25, -0.2) is 0 Å². The van der Waals surface area contributed by atoms with E-state index in [-0.39, 0.29) is 0 Å². The lowest BCUT2D eigenvalue weighted by Gasteiger charge is -2.19. The van der Waals surface area contributed by atoms with Gasteiger partial charge < -0.3 is 10.2 Å². The number of pyridine rings is 1. The Morgan fingerprint density at radius 3 is 2.61 bits per heavy atom. The van der Waals surface area contributed by atoms with Crippen molar-refractivity contribution >= 4 is 0 Å². The van der Waals surface area contributed by atoms with Gasteiger partial charge in [0.1, 0.15) is 0 Å². The van der Waals surface area contributed by atoms with Crippen LogP contribution in [0.2, 0.25) is 0 Å². The minimum atomic E-state index is 0.685. The molecule has 0 aliphatic heterocycles. The summed E-state index contributed by atoms with van der Waals surface area (Å²) >= 11 is 0. The van der Waals surface area contributed by atoms with Gasteiger partial charge >= 0.3 is 0 Å². The monoisotopic (exact) mass is 249 g/mol. The van der Waals surface area contributed by atoms with Gasteiger partial charge in [0, 0.05) is 25.0 Å². The Morgan fingerprint density at radius 2 is 2.00 bits per heavy atom. The molecule has 3 nitrogen and oxygen atoms in total. The van der Waals surface area contributed by atoms with E-state index in [4.69, 9.17) is 0 Å². The Balaban J connectivity index is 2.19. The zero-order chi connectivity index (χ0) is 13.2. The first-order valence-corrected chi connectivity index (χ1v) is 7.07. The first-order chi connectivity index (χ1) is 8.76. The molecule has 0 bridgehead atoms. The van der Waals surface area contributed by atoms with Crippen LogP contribution in [0.15, 0.2) is 24.5 Å². The highest BCUT2D eigenvalue weighted by Crippen LogP contribution is 2.05. The number of nitrogens with zero attached hydrogens (tertiary/aromatic N) is 2. The Kier molecular flexibility index (Phi) is 7.62. The van der Waals surface area contributed by atoms with Crippen LogP contribution in [0.1, 0.15) is 38.7 Å². The molecule has 0 aliphatic carbocycles. The van der Waals surface area contributed by atoms with Gasteiger partial charge in [-0.1, -0.05) is 13.8 Å².